The van der Waals surface area contributed by atoms with E-state index in [4.69, 9.17) is 9.47 Å². The molecule has 1 saturated carbocycles. The number of anilines is 2. The van der Waals surface area contributed by atoms with Gasteiger partial charge in [0, 0.05) is 42.0 Å². The highest BCUT2D eigenvalue weighted by Gasteiger charge is 2.39. The summed E-state index contributed by atoms with van der Waals surface area (Å²) in [6.45, 7) is 0.691. The fraction of sp³-hybridized carbons (Fsp3) is 0.417. The molecule has 0 aromatic heterocycles. The predicted octanol–water partition coefficient (Wildman–Crippen LogP) is 4.04. The van der Waals surface area contributed by atoms with Gasteiger partial charge in [-0.2, -0.15) is 0 Å². The Kier molecular flexibility index (Phi) is 5.93. The van der Waals surface area contributed by atoms with Crippen molar-refractivity contribution in [3.05, 3.63) is 48.0 Å². The molecule has 0 radical (unpaired) electrons. The fourth-order valence-corrected chi connectivity index (χ4v) is 4.62. The van der Waals surface area contributed by atoms with Crippen LogP contribution in [0.3, 0.4) is 0 Å². The Labute approximate surface area is 177 Å². The van der Waals surface area contributed by atoms with Crippen molar-refractivity contribution in [1.82, 2.24) is 0 Å². The molecule has 0 spiro atoms. The summed E-state index contributed by atoms with van der Waals surface area (Å²) in [5, 5.41) is 2.99. The average Bonchev–Trinajstić information content (AvgIpc) is 3.22. The molecule has 30 heavy (non-hydrogen) atoms. The molecule has 0 saturated heterocycles. The predicted molar refractivity (Wildman–Crippen MR) is 116 cm³/mol. The molecule has 1 heterocycles. The lowest BCUT2D eigenvalue weighted by Gasteiger charge is -2.32. The summed E-state index contributed by atoms with van der Waals surface area (Å²) in [6, 6.07) is 13.3. The van der Waals surface area contributed by atoms with E-state index in [1.807, 2.05) is 23.1 Å². The molecule has 1 fully saturated rings. The maximum atomic E-state index is 13.4. The average molecular weight is 408 g/mol. The van der Waals surface area contributed by atoms with E-state index in [-0.39, 0.29) is 23.7 Å². The third kappa shape index (κ3) is 3.99. The maximum Gasteiger partial charge on any atom is 0.230 e. The number of rotatable bonds is 5. The fourth-order valence-electron chi connectivity index (χ4n) is 4.62. The van der Waals surface area contributed by atoms with Crippen molar-refractivity contribution < 1.29 is 19.1 Å². The molecule has 1 N–H and O–H groups in total. The van der Waals surface area contributed by atoms with Crippen molar-refractivity contribution in [2.24, 2.45) is 11.8 Å². The minimum absolute atomic E-state index is 0.0722. The van der Waals surface area contributed by atoms with Gasteiger partial charge in [-0.3, -0.25) is 9.59 Å². The molecular weight excluding hydrogens is 380 g/mol. The highest BCUT2D eigenvalue weighted by atomic mass is 16.5. The summed E-state index contributed by atoms with van der Waals surface area (Å²) in [5.41, 5.74) is 2.80. The van der Waals surface area contributed by atoms with Crippen LogP contribution in [-0.2, 0) is 16.0 Å². The third-order valence-electron chi connectivity index (χ3n) is 6.19. The number of nitrogens with zero attached hydrogens (tertiary/aromatic N) is 1. The van der Waals surface area contributed by atoms with E-state index in [0.29, 0.717) is 23.7 Å². The number of hydrogen-bond acceptors (Lipinski definition) is 4. The number of ether oxygens (including phenoxy) is 2. The summed E-state index contributed by atoms with van der Waals surface area (Å²) < 4.78 is 10.6. The number of carbonyl (C=O) groups is 2. The quantitative estimate of drug-likeness (QED) is 0.811. The van der Waals surface area contributed by atoms with Crippen LogP contribution in [0.1, 0.15) is 31.2 Å². The molecule has 0 unspecified atom stereocenters. The molecule has 4 rings (SSSR count). The van der Waals surface area contributed by atoms with Crippen LogP contribution in [0.2, 0.25) is 0 Å². The maximum absolute atomic E-state index is 13.4. The van der Waals surface area contributed by atoms with Crippen LogP contribution in [0.15, 0.2) is 42.5 Å². The minimum Gasteiger partial charge on any atom is -0.497 e. The number of carbonyl (C=O) groups excluding carboxylic acids is 2. The number of amides is 2. The van der Waals surface area contributed by atoms with Crippen LogP contribution in [-0.4, -0.2) is 32.6 Å². The van der Waals surface area contributed by atoms with Crippen LogP contribution in [0.4, 0.5) is 11.4 Å². The Hall–Kier alpha value is -3.02. The monoisotopic (exact) mass is 408 g/mol. The lowest BCUT2D eigenvalue weighted by atomic mass is 9.77. The minimum atomic E-state index is -0.337. The Bertz CT molecular complexity index is 920. The first-order valence-electron chi connectivity index (χ1n) is 10.5. The molecule has 2 atom stereocenters. The topological polar surface area (TPSA) is 67.9 Å². The molecule has 6 heteroatoms. The van der Waals surface area contributed by atoms with E-state index < -0.39 is 0 Å². The second-order valence-corrected chi connectivity index (χ2v) is 7.96. The zero-order chi connectivity index (χ0) is 21.1. The van der Waals surface area contributed by atoms with Crippen LogP contribution in [0, 0.1) is 11.8 Å². The summed E-state index contributed by atoms with van der Waals surface area (Å²) >= 11 is 0. The number of methoxy groups -OCH3 is 2. The summed E-state index contributed by atoms with van der Waals surface area (Å²) in [4.78, 5) is 28.5. The lowest BCUT2D eigenvalue weighted by Crippen LogP contribution is -2.43. The number of fused-ring (bicyclic) bond motifs is 1. The number of benzene rings is 2. The van der Waals surface area contributed by atoms with E-state index in [2.05, 4.69) is 11.4 Å². The second-order valence-electron chi connectivity index (χ2n) is 7.96. The normalized spacial score (nSPS) is 20.4. The Morgan fingerprint density at radius 3 is 2.33 bits per heavy atom. The number of hydrogen-bond donors (Lipinski definition) is 1. The van der Waals surface area contributed by atoms with Gasteiger partial charge in [-0.1, -0.05) is 31.0 Å². The molecule has 1 aliphatic carbocycles. The van der Waals surface area contributed by atoms with Crippen LogP contribution in [0.5, 0.6) is 11.5 Å². The molecule has 6 nitrogen and oxygen atoms in total. The van der Waals surface area contributed by atoms with E-state index in [1.54, 1.807) is 32.4 Å². The van der Waals surface area contributed by atoms with E-state index in [9.17, 15) is 9.59 Å². The van der Waals surface area contributed by atoms with Crippen molar-refractivity contribution in [3.63, 3.8) is 0 Å². The molecule has 2 aromatic carbocycles. The van der Waals surface area contributed by atoms with Crippen LogP contribution in [0.25, 0.3) is 0 Å². The summed E-state index contributed by atoms with van der Waals surface area (Å²) in [6.07, 6.45) is 4.27. The highest BCUT2D eigenvalue weighted by molar-refractivity contribution is 6.02. The zero-order valence-corrected chi connectivity index (χ0v) is 17.5. The number of para-hydroxylation sites is 1. The van der Waals surface area contributed by atoms with E-state index in [1.165, 1.54) is 5.56 Å². The van der Waals surface area contributed by atoms with Crippen LogP contribution < -0.4 is 19.7 Å². The molecule has 158 valence electrons. The lowest BCUT2D eigenvalue weighted by molar-refractivity contribution is -0.132. The smallest absolute Gasteiger partial charge is 0.230 e. The van der Waals surface area contributed by atoms with Gasteiger partial charge in [-0.25, -0.2) is 0 Å². The van der Waals surface area contributed by atoms with Gasteiger partial charge < -0.3 is 19.7 Å². The Balaban J connectivity index is 1.53. The third-order valence-corrected chi connectivity index (χ3v) is 6.19. The van der Waals surface area contributed by atoms with Gasteiger partial charge in [-0.05, 0) is 30.9 Å². The van der Waals surface area contributed by atoms with Gasteiger partial charge in [0.15, 0.2) is 0 Å². The molecule has 1 aliphatic heterocycles. The molecule has 0 bridgehead atoms. The molecule has 2 aliphatic rings. The first-order valence-corrected chi connectivity index (χ1v) is 10.5. The van der Waals surface area contributed by atoms with E-state index >= 15 is 0 Å². The van der Waals surface area contributed by atoms with Crippen molar-refractivity contribution in [3.8, 4) is 11.5 Å². The van der Waals surface area contributed by atoms with Crippen molar-refractivity contribution >= 4 is 23.2 Å². The highest BCUT2D eigenvalue weighted by Crippen LogP contribution is 2.36. The first-order chi connectivity index (χ1) is 14.6. The largest absolute Gasteiger partial charge is 0.497 e. The van der Waals surface area contributed by atoms with Gasteiger partial charge in [-0.15, -0.1) is 0 Å². The van der Waals surface area contributed by atoms with Crippen molar-refractivity contribution in [2.75, 3.05) is 31.0 Å². The number of nitrogens with one attached hydrogen (secondary N) is 1. The Morgan fingerprint density at radius 2 is 1.63 bits per heavy atom. The van der Waals surface area contributed by atoms with Gasteiger partial charge in [0.1, 0.15) is 11.5 Å². The first kappa shape index (κ1) is 20.3. The SMILES string of the molecule is COc1cc(NC(=O)[C@@H]2CCCC[C@H]2C(=O)N2CCc3ccccc32)cc(OC)c1. The standard InChI is InChI=1S/C24H28N2O4/c1-29-18-13-17(14-19(15-18)30-2)25-23(27)20-8-4-5-9-21(20)24(28)26-12-11-16-7-3-6-10-22(16)26/h3,6-7,10,13-15,20-21H,4-5,8-9,11-12H2,1-2H3,(H,25,27)/t20-,21-/m1/s1. The summed E-state index contributed by atoms with van der Waals surface area (Å²) in [5.74, 6) is 0.539. The van der Waals surface area contributed by atoms with Gasteiger partial charge in [0.25, 0.3) is 0 Å². The van der Waals surface area contributed by atoms with Crippen molar-refractivity contribution in [1.29, 1.82) is 0 Å². The van der Waals surface area contributed by atoms with Gasteiger partial charge in [0.2, 0.25) is 11.8 Å². The Morgan fingerprint density at radius 1 is 0.967 bits per heavy atom. The van der Waals surface area contributed by atoms with E-state index in [0.717, 1.165) is 37.8 Å². The second kappa shape index (κ2) is 8.78. The molecule has 2 amide bonds. The summed E-state index contributed by atoms with van der Waals surface area (Å²) in [7, 11) is 3.15. The molecular formula is C24H28N2O4. The van der Waals surface area contributed by atoms with Crippen LogP contribution >= 0.6 is 0 Å². The van der Waals surface area contributed by atoms with Crippen molar-refractivity contribution in [2.45, 2.75) is 32.1 Å². The van der Waals surface area contributed by atoms with Gasteiger partial charge in [0.05, 0.1) is 20.1 Å². The van der Waals surface area contributed by atoms with Gasteiger partial charge >= 0.3 is 0 Å². The molecule has 2 aromatic rings. The zero-order valence-electron chi connectivity index (χ0n) is 17.5.